The van der Waals surface area contributed by atoms with Gasteiger partial charge in [-0.15, -0.1) is 12.4 Å². The number of carbonyl (C=O) groups excluding carboxylic acids is 1. The van der Waals surface area contributed by atoms with Gasteiger partial charge >= 0.3 is 0 Å². The predicted octanol–water partition coefficient (Wildman–Crippen LogP) is 2.91. The van der Waals surface area contributed by atoms with Gasteiger partial charge in [-0.05, 0) is 43.5 Å². The number of nitrogens with one attached hydrogen (secondary N) is 1. The molecule has 0 aromatic heterocycles. The highest BCUT2D eigenvalue weighted by atomic mass is 35.5. The number of carbonyl (C=O) groups is 1. The second-order valence-electron chi connectivity index (χ2n) is 5.66. The Labute approximate surface area is 131 Å². The van der Waals surface area contributed by atoms with E-state index in [9.17, 15) is 9.18 Å². The molecule has 118 valence electrons. The van der Waals surface area contributed by atoms with Crippen LogP contribution in [0.3, 0.4) is 0 Å². The van der Waals surface area contributed by atoms with Crippen LogP contribution in [-0.4, -0.2) is 19.0 Å². The molecule has 21 heavy (non-hydrogen) atoms. The zero-order valence-corrected chi connectivity index (χ0v) is 13.1. The monoisotopic (exact) mass is 314 g/mol. The maximum Gasteiger partial charge on any atom is 0.220 e. The fraction of sp³-hybridized carbons (Fsp3) is 0.562. The lowest BCUT2D eigenvalue weighted by atomic mass is 9.79. The van der Waals surface area contributed by atoms with Gasteiger partial charge in [-0.2, -0.15) is 0 Å². The standard InChI is InChI=1S/C16H23FN2O.ClH/c17-14-7-5-13(6-8-14)16(9-1-2-10-16)12-19-15(20)4-3-11-18;/h5-8H,1-4,9-12,18H2,(H,19,20);1H. The van der Waals surface area contributed by atoms with Crippen molar-refractivity contribution in [2.24, 2.45) is 5.73 Å². The lowest BCUT2D eigenvalue weighted by molar-refractivity contribution is -0.121. The summed E-state index contributed by atoms with van der Waals surface area (Å²) in [6.45, 7) is 1.18. The average molecular weight is 315 g/mol. The number of amides is 1. The fourth-order valence-electron chi connectivity index (χ4n) is 3.04. The maximum atomic E-state index is 13.1. The van der Waals surface area contributed by atoms with Gasteiger partial charge in [0, 0.05) is 18.4 Å². The third-order valence-electron chi connectivity index (χ3n) is 4.25. The summed E-state index contributed by atoms with van der Waals surface area (Å²) in [4.78, 5) is 11.8. The normalized spacial score (nSPS) is 16.3. The SMILES string of the molecule is Cl.NCCCC(=O)NCC1(c2ccc(F)cc2)CCCC1. The summed E-state index contributed by atoms with van der Waals surface area (Å²) in [5.74, 6) is -0.155. The molecule has 1 aromatic rings. The molecule has 0 atom stereocenters. The van der Waals surface area contributed by atoms with Crippen LogP contribution in [0.2, 0.25) is 0 Å². The molecule has 1 aromatic carbocycles. The van der Waals surface area contributed by atoms with Gasteiger partial charge in [-0.1, -0.05) is 25.0 Å². The van der Waals surface area contributed by atoms with Crippen molar-refractivity contribution < 1.29 is 9.18 Å². The highest BCUT2D eigenvalue weighted by Gasteiger charge is 2.35. The van der Waals surface area contributed by atoms with E-state index in [4.69, 9.17) is 5.73 Å². The molecule has 2 rings (SSSR count). The third kappa shape index (κ3) is 4.68. The minimum absolute atomic E-state index is 0. The molecule has 5 heteroatoms. The van der Waals surface area contributed by atoms with E-state index in [1.165, 1.54) is 12.1 Å². The largest absolute Gasteiger partial charge is 0.355 e. The van der Waals surface area contributed by atoms with E-state index in [1.54, 1.807) is 0 Å². The summed E-state index contributed by atoms with van der Waals surface area (Å²) in [5, 5.41) is 3.03. The molecule has 1 aliphatic rings. The highest BCUT2D eigenvalue weighted by Crippen LogP contribution is 2.40. The van der Waals surface area contributed by atoms with E-state index in [-0.39, 0.29) is 29.5 Å². The molecule has 3 nitrogen and oxygen atoms in total. The quantitative estimate of drug-likeness (QED) is 0.848. The average Bonchev–Trinajstić information content (AvgIpc) is 2.93. The summed E-state index contributed by atoms with van der Waals surface area (Å²) in [6, 6.07) is 6.72. The van der Waals surface area contributed by atoms with Crippen LogP contribution in [0.15, 0.2) is 24.3 Å². The zero-order valence-electron chi connectivity index (χ0n) is 12.2. The van der Waals surface area contributed by atoms with Crippen molar-refractivity contribution in [2.45, 2.75) is 43.9 Å². The molecule has 1 amide bonds. The minimum Gasteiger partial charge on any atom is -0.355 e. The molecule has 1 aliphatic carbocycles. The van der Waals surface area contributed by atoms with Crippen LogP contribution in [0.1, 0.15) is 44.1 Å². The Kier molecular flexibility index (Phi) is 7.12. The first kappa shape index (κ1) is 17.9. The van der Waals surface area contributed by atoms with Crippen molar-refractivity contribution in [3.8, 4) is 0 Å². The van der Waals surface area contributed by atoms with Crippen LogP contribution in [-0.2, 0) is 10.2 Å². The summed E-state index contributed by atoms with van der Waals surface area (Å²) in [5.41, 5.74) is 6.52. The number of hydrogen-bond donors (Lipinski definition) is 2. The Hall–Kier alpha value is -1.13. The van der Waals surface area contributed by atoms with Gasteiger partial charge in [-0.3, -0.25) is 4.79 Å². The van der Waals surface area contributed by atoms with E-state index in [1.807, 2.05) is 12.1 Å². The van der Waals surface area contributed by atoms with Gasteiger partial charge in [0.25, 0.3) is 0 Å². The lowest BCUT2D eigenvalue weighted by Crippen LogP contribution is -2.39. The third-order valence-corrected chi connectivity index (χ3v) is 4.25. The molecule has 0 spiro atoms. The number of nitrogens with two attached hydrogens (primary N) is 1. The first-order valence-electron chi connectivity index (χ1n) is 7.39. The molecule has 0 bridgehead atoms. The Bertz CT molecular complexity index is 444. The van der Waals surface area contributed by atoms with Gasteiger partial charge in [0.15, 0.2) is 0 Å². The first-order valence-corrected chi connectivity index (χ1v) is 7.39. The van der Waals surface area contributed by atoms with Crippen molar-refractivity contribution in [3.05, 3.63) is 35.6 Å². The van der Waals surface area contributed by atoms with Crippen LogP contribution >= 0.6 is 12.4 Å². The molecule has 3 N–H and O–H groups in total. The van der Waals surface area contributed by atoms with E-state index in [2.05, 4.69) is 5.32 Å². The second-order valence-corrected chi connectivity index (χ2v) is 5.66. The topological polar surface area (TPSA) is 55.1 Å². The van der Waals surface area contributed by atoms with Crippen LogP contribution in [0, 0.1) is 5.82 Å². The molecular weight excluding hydrogens is 291 g/mol. The summed E-state index contributed by atoms with van der Waals surface area (Å²) >= 11 is 0. The van der Waals surface area contributed by atoms with Crippen LogP contribution in [0.25, 0.3) is 0 Å². The van der Waals surface area contributed by atoms with Crippen LogP contribution in [0.4, 0.5) is 4.39 Å². The molecule has 0 radical (unpaired) electrons. The summed E-state index contributed by atoms with van der Waals surface area (Å²) in [7, 11) is 0. The van der Waals surface area contributed by atoms with Crippen LogP contribution in [0.5, 0.6) is 0 Å². The zero-order chi connectivity index (χ0) is 14.4. The van der Waals surface area contributed by atoms with E-state index < -0.39 is 0 Å². The number of halogens is 2. The van der Waals surface area contributed by atoms with Crippen molar-refractivity contribution >= 4 is 18.3 Å². The molecule has 1 fully saturated rings. The van der Waals surface area contributed by atoms with Crippen molar-refractivity contribution in [1.29, 1.82) is 0 Å². The number of rotatable bonds is 6. The molecule has 0 saturated heterocycles. The minimum atomic E-state index is -0.214. The molecular formula is C16H24ClFN2O. The number of hydrogen-bond acceptors (Lipinski definition) is 2. The molecule has 0 heterocycles. The van der Waals surface area contributed by atoms with Gasteiger partial charge in [0.1, 0.15) is 5.82 Å². The van der Waals surface area contributed by atoms with Gasteiger partial charge in [0.2, 0.25) is 5.91 Å². The Morgan fingerprint density at radius 2 is 1.86 bits per heavy atom. The second kappa shape index (κ2) is 8.35. The van der Waals surface area contributed by atoms with E-state index >= 15 is 0 Å². The Balaban J connectivity index is 0.00000220. The smallest absolute Gasteiger partial charge is 0.220 e. The van der Waals surface area contributed by atoms with Gasteiger partial charge < -0.3 is 11.1 Å². The fourth-order valence-corrected chi connectivity index (χ4v) is 3.04. The van der Waals surface area contributed by atoms with Gasteiger partial charge in [-0.25, -0.2) is 4.39 Å². The maximum absolute atomic E-state index is 13.1. The van der Waals surface area contributed by atoms with E-state index in [0.717, 1.165) is 37.7 Å². The summed E-state index contributed by atoms with van der Waals surface area (Å²) in [6.07, 6.45) is 5.63. The van der Waals surface area contributed by atoms with Gasteiger partial charge in [0.05, 0.1) is 0 Å². The first-order chi connectivity index (χ1) is 9.66. The predicted molar refractivity (Wildman–Crippen MR) is 85.1 cm³/mol. The molecule has 1 saturated carbocycles. The Morgan fingerprint density at radius 3 is 2.43 bits per heavy atom. The van der Waals surface area contributed by atoms with Crippen molar-refractivity contribution in [3.63, 3.8) is 0 Å². The van der Waals surface area contributed by atoms with Crippen molar-refractivity contribution in [2.75, 3.05) is 13.1 Å². The van der Waals surface area contributed by atoms with Crippen molar-refractivity contribution in [1.82, 2.24) is 5.32 Å². The Morgan fingerprint density at radius 1 is 1.24 bits per heavy atom. The lowest BCUT2D eigenvalue weighted by Gasteiger charge is -2.30. The highest BCUT2D eigenvalue weighted by molar-refractivity contribution is 5.85. The van der Waals surface area contributed by atoms with Crippen LogP contribution < -0.4 is 11.1 Å². The number of benzene rings is 1. The summed E-state index contributed by atoms with van der Waals surface area (Å²) < 4.78 is 13.1. The molecule has 0 aliphatic heterocycles. The van der Waals surface area contributed by atoms with E-state index in [0.29, 0.717) is 19.5 Å². The molecule has 0 unspecified atom stereocenters.